The van der Waals surface area contributed by atoms with Crippen molar-refractivity contribution < 1.29 is 60.7 Å². The van der Waals surface area contributed by atoms with Gasteiger partial charge in [0.05, 0.1) is 27.4 Å². The van der Waals surface area contributed by atoms with E-state index in [2.05, 4.69) is 11.7 Å². The SMILES string of the molecule is CCCCCCCC(=O)O.COc1cc(/C=C\c2ccc(CO)c(OC(=O)O)c2)cc(CO)c1OC.[Cl][Pt+2][Cl].[NH2-].[NH2-]. The van der Waals surface area contributed by atoms with Crippen LogP contribution in [0.2, 0.25) is 0 Å². The first-order valence-corrected chi connectivity index (χ1v) is 17.6. The van der Waals surface area contributed by atoms with Crippen LogP contribution in [0.15, 0.2) is 30.3 Å². The minimum absolute atomic E-state index is 0. The number of rotatable bonds is 13. The summed E-state index contributed by atoms with van der Waals surface area (Å²) in [5.41, 5.74) is 2.40. The van der Waals surface area contributed by atoms with Crippen LogP contribution in [0.4, 0.5) is 4.79 Å². The Hall–Kier alpha value is -2.37. The zero-order valence-corrected chi connectivity index (χ0v) is 27.0. The summed E-state index contributed by atoms with van der Waals surface area (Å²) in [4.78, 5) is 20.8. The van der Waals surface area contributed by atoms with Crippen LogP contribution in [0.5, 0.6) is 17.2 Å². The number of aliphatic hydroxyl groups is 2. The van der Waals surface area contributed by atoms with Crippen molar-refractivity contribution in [3.63, 3.8) is 0 Å². The molecule has 0 spiro atoms. The van der Waals surface area contributed by atoms with Crippen molar-refractivity contribution in [2.45, 2.75) is 58.7 Å². The molecule has 0 atom stereocenters. The van der Waals surface area contributed by atoms with Crippen LogP contribution >= 0.6 is 18.8 Å². The Morgan fingerprint density at radius 2 is 1.39 bits per heavy atom. The molecule has 0 aliphatic carbocycles. The second-order valence-electron chi connectivity index (χ2n) is 7.90. The second-order valence-corrected chi connectivity index (χ2v) is 11.2. The van der Waals surface area contributed by atoms with E-state index in [0.717, 1.165) is 18.4 Å². The molecule has 0 aliphatic rings. The van der Waals surface area contributed by atoms with Gasteiger partial charge in [0.1, 0.15) is 5.75 Å². The van der Waals surface area contributed by atoms with Crippen LogP contribution in [0.1, 0.15) is 67.7 Å². The van der Waals surface area contributed by atoms with E-state index in [-0.39, 0.29) is 31.3 Å². The van der Waals surface area contributed by atoms with Crippen LogP contribution in [-0.4, -0.2) is 46.8 Å². The van der Waals surface area contributed by atoms with Crippen molar-refractivity contribution in [2.75, 3.05) is 14.2 Å². The first kappa shape index (κ1) is 43.1. The predicted octanol–water partition coefficient (Wildman–Crippen LogP) is 8.16. The van der Waals surface area contributed by atoms with E-state index in [1.807, 2.05) is 0 Å². The molecule has 11 nitrogen and oxygen atoms in total. The van der Waals surface area contributed by atoms with Gasteiger partial charge >= 0.3 is 47.4 Å². The third-order valence-corrected chi connectivity index (χ3v) is 5.17. The first-order valence-electron chi connectivity index (χ1n) is 11.9. The number of aliphatic carboxylic acids is 1. The number of unbranched alkanes of at least 4 members (excludes halogenated alkanes) is 4. The molecule has 0 unspecified atom stereocenters. The molecular weight excluding hydrogens is 762 g/mol. The van der Waals surface area contributed by atoms with E-state index in [1.165, 1.54) is 39.5 Å². The molecular formula is C27H40Cl2N2O9Pt. The maximum Gasteiger partial charge on any atom is -0.693 e. The Morgan fingerprint density at radius 3 is 1.88 bits per heavy atom. The van der Waals surface area contributed by atoms with Crippen LogP contribution < -0.4 is 14.2 Å². The van der Waals surface area contributed by atoms with Gasteiger partial charge in [-0.2, -0.15) is 0 Å². The molecule has 2 aromatic rings. The van der Waals surface area contributed by atoms with Crippen LogP contribution in [0, 0.1) is 0 Å². The van der Waals surface area contributed by atoms with E-state index in [9.17, 15) is 19.8 Å². The van der Waals surface area contributed by atoms with Crippen molar-refractivity contribution in [2.24, 2.45) is 0 Å². The van der Waals surface area contributed by atoms with Gasteiger partial charge in [-0.25, -0.2) is 4.79 Å². The summed E-state index contributed by atoms with van der Waals surface area (Å²) < 4.78 is 15.2. The third kappa shape index (κ3) is 18.6. The molecule has 0 radical (unpaired) electrons. The summed E-state index contributed by atoms with van der Waals surface area (Å²) in [6.45, 7) is 1.61. The molecule has 0 aliphatic heterocycles. The summed E-state index contributed by atoms with van der Waals surface area (Å²) in [6.07, 6.45) is 7.96. The van der Waals surface area contributed by atoms with Gasteiger partial charge in [-0.1, -0.05) is 56.9 Å². The number of ether oxygens (including phenoxy) is 3. The van der Waals surface area contributed by atoms with Gasteiger partial charge in [0.15, 0.2) is 11.5 Å². The van der Waals surface area contributed by atoms with Gasteiger partial charge in [0.25, 0.3) is 0 Å². The molecule has 0 heterocycles. The Morgan fingerprint density at radius 1 is 0.829 bits per heavy atom. The van der Waals surface area contributed by atoms with E-state index in [1.54, 1.807) is 36.4 Å². The smallest absolute Gasteiger partial charge is 0.693 e. The summed E-state index contributed by atoms with van der Waals surface area (Å²) >= 11 is -0.472. The minimum atomic E-state index is -1.45. The molecule has 0 bridgehead atoms. The standard InChI is InChI=1S/C19H20O7.C8H16O2.2ClH.2H2N.Pt/c1-24-17-9-13(7-15(11-21)18(17)25-2)4-3-12-5-6-14(10-20)16(8-12)26-19(22)23;1-2-3-4-5-6-7-8(9)10;;;;;/h3-9,20-21H,10-11H2,1-2H3,(H,22,23);2-7H2,1H3,(H,9,10);2*1H;2*1H2;/q;;;;2*-1;+4/p-2/b4-3-;;;;;;. The Kier molecular flexibility index (Phi) is 27.9. The van der Waals surface area contributed by atoms with Crippen molar-refractivity contribution in [1.29, 1.82) is 0 Å². The average Bonchev–Trinajstić information content (AvgIpc) is 2.91. The monoisotopic (exact) mass is 801 g/mol. The number of carboxylic acids is 1. The number of halogens is 2. The maximum absolute atomic E-state index is 10.8. The summed E-state index contributed by atoms with van der Waals surface area (Å²) in [6, 6.07) is 8.35. The quantitative estimate of drug-likeness (QED) is 0.0665. The van der Waals surface area contributed by atoms with Gasteiger partial charge in [0.2, 0.25) is 0 Å². The normalized spacial score (nSPS) is 9.73. The van der Waals surface area contributed by atoms with Crippen LogP contribution in [0.3, 0.4) is 0 Å². The number of carbonyl (C=O) groups is 2. The molecule has 0 amide bonds. The van der Waals surface area contributed by atoms with Gasteiger partial charge in [-0.05, 0) is 35.7 Å². The van der Waals surface area contributed by atoms with Crippen LogP contribution in [-0.2, 0) is 34.5 Å². The minimum Gasteiger partial charge on any atom is -0.693 e. The first-order chi connectivity index (χ1) is 18.7. The van der Waals surface area contributed by atoms with E-state index < -0.39 is 28.6 Å². The Bertz CT molecular complexity index is 1020. The second kappa shape index (κ2) is 26.5. The zero-order chi connectivity index (χ0) is 29.6. The fourth-order valence-electron chi connectivity index (χ4n) is 3.35. The van der Waals surface area contributed by atoms with E-state index >= 15 is 0 Å². The number of carboxylic acid groups (broad SMARTS) is 2. The molecule has 0 aromatic heterocycles. The Labute approximate surface area is 258 Å². The van der Waals surface area contributed by atoms with Crippen LogP contribution in [0.25, 0.3) is 24.5 Å². The third-order valence-electron chi connectivity index (χ3n) is 5.17. The number of hydrogen-bond acceptors (Lipinski definition) is 7. The molecule has 0 fully saturated rings. The van der Waals surface area contributed by atoms with Gasteiger partial charge < -0.3 is 46.9 Å². The fraction of sp³-hybridized carbons (Fsp3) is 0.407. The summed E-state index contributed by atoms with van der Waals surface area (Å²) in [5, 5.41) is 35.8. The van der Waals surface area contributed by atoms with E-state index in [0.29, 0.717) is 34.6 Å². The molecule has 236 valence electrons. The van der Waals surface area contributed by atoms with Crippen molar-refractivity contribution in [3.05, 3.63) is 64.9 Å². The average molecular weight is 803 g/mol. The molecule has 41 heavy (non-hydrogen) atoms. The zero-order valence-electron chi connectivity index (χ0n) is 23.3. The van der Waals surface area contributed by atoms with Gasteiger partial charge in [-0.3, -0.25) is 4.79 Å². The summed E-state index contributed by atoms with van der Waals surface area (Å²) in [5.74, 6) is 0.364. The maximum atomic E-state index is 10.8. The fourth-order valence-corrected chi connectivity index (χ4v) is 3.35. The summed E-state index contributed by atoms with van der Waals surface area (Å²) in [7, 11) is 12.8. The van der Waals surface area contributed by atoms with Gasteiger partial charge in [-0.15, -0.1) is 0 Å². The molecule has 0 saturated carbocycles. The van der Waals surface area contributed by atoms with Gasteiger partial charge in [0, 0.05) is 17.5 Å². The number of nitrogens with two attached hydrogens (primary N) is 2. The number of aliphatic hydroxyl groups excluding tert-OH is 2. The predicted molar refractivity (Wildman–Crippen MR) is 159 cm³/mol. The number of methoxy groups -OCH3 is 2. The number of benzene rings is 2. The van der Waals surface area contributed by atoms with E-state index in [4.69, 9.17) is 38.5 Å². The number of hydrogen-bond donors (Lipinski definition) is 4. The Balaban J connectivity index is -0.000000814. The molecule has 14 heteroatoms. The molecule has 8 N–H and O–H groups in total. The topological polar surface area (TPSA) is 210 Å². The molecule has 2 aromatic carbocycles. The molecule has 2 rings (SSSR count). The van der Waals surface area contributed by atoms with Crippen molar-refractivity contribution in [1.82, 2.24) is 0 Å². The molecule has 0 saturated heterocycles. The van der Waals surface area contributed by atoms with Crippen molar-refractivity contribution >= 4 is 43.1 Å². The van der Waals surface area contributed by atoms with Crippen molar-refractivity contribution in [3.8, 4) is 17.2 Å². The largest absolute Gasteiger partial charge is 0.693 e.